The maximum absolute atomic E-state index is 12.5. The zero-order valence-corrected chi connectivity index (χ0v) is 15.5. The molecular weight excluding hydrogens is 286 g/mol. The lowest BCUT2D eigenvalue weighted by molar-refractivity contribution is -0.126. The maximum Gasteiger partial charge on any atom is 0.230 e. The first-order valence-electron chi connectivity index (χ1n) is 8.74. The van der Waals surface area contributed by atoms with Gasteiger partial charge in [0.25, 0.3) is 0 Å². The molecule has 0 radical (unpaired) electrons. The van der Waals surface area contributed by atoms with E-state index in [9.17, 15) is 4.79 Å². The molecule has 0 saturated carbocycles. The molecule has 0 aliphatic carbocycles. The van der Waals surface area contributed by atoms with Gasteiger partial charge in [-0.2, -0.15) is 0 Å². The number of nitrogens with zero attached hydrogens (tertiary/aromatic N) is 2. The van der Waals surface area contributed by atoms with Crippen LogP contribution in [0.5, 0.6) is 0 Å². The van der Waals surface area contributed by atoms with Gasteiger partial charge in [0, 0.05) is 24.8 Å². The lowest BCUT2D eigenvalue weighted by Gasteiger charge is -2.39. The van der Waals surface area contributed by atoms with Gasteiger partial charge in [-0.25, -0.2) is 0 Å². The Balaban J connectivity index is 3.21. The van der Waals surface area contributed by atoms with E-state index in [1.165, 1.54) is 0 Å². The fourth-order valence-corrected chi connectivity index (χ4v) is 3.51. The van der Waals surface area contributed by atoms with Crippen LogP contribution in [0.25, 0.3) is 0 Å². The standard InChI is InChI=1S/C19H33N3O/c1-7-16(6)19(18(20)23,17-10-8-9-12-21-17)11-13-22(14(2)3)15(4)5/h8-10,12,14-16H,7,11,13H2,1-6H3,(H2,20,23)/t16-,19-/m0/s1. The highest BCUT2D eigenvalue weighted by Gasteiger charge is 2.44. The van der Waals surface area contributed by atoms with Crippen molar-refractivity contribution in [2.24, 2.45) is 11.7 Å². The van der Waals surface area contributed by atoms with Gasteiger partial charge in [0.15, 0.2) is 0 Å². The summed E-state index contributed by atoms with van der Waals surface area (Å²) in [6.45, 7) is 13.8. The van der Waals surface area contributed by atoms with Gasteiger partial charge in [-0.3, -0.25) is 14.7 Å². The van der Waals surface area contributed by atoms with Gasteiger partial charge in [-0.15, -0.1) is 0 Å². The molecule has 0 unspecified atom stereocenters. The minimum absolute atomic E-state index is 0.149. The average Bonchev–Trinajstić information content (AvgIpc) is 2.50. The van der Waals surface area contributed by atoms with E-state index < -0.39 is 5.41 Å². The van der Waals surface area contributed by atoms with E-state index in [4.69, 9.17) is 5.73 Å². The topological polar surface area (TPSA) is 59.2 Å². The molecule has 1 heterocycles. The first kappa shape index (κ1) is 19.6. The first-order valence-corrected chi connectivity index (χ1v) is 8.74. The highest BCUT2D eigenvalue weighted by atomic mass is 16.1. The second kappa shape index (κ2) is 8.44. The molecule has 0 aromatic carbocycles. The summed E-state index contributed by atoms with van der Waals surface area (Å²) in [6, 6.07) is 6.61. The number of primary amides is 1. The summed E-state index contributed by atoms with van der Waals surface area (Å²) >= 11 is 0. The monoisotopic (exact) mass is 319 g/mol. The van der Waals surface area contributed by atoms with Crippen molar-refractivity contribution in [3.8, 4) is 0 Å². The van der Waals surface area contributed by atoms with Crippen LogP contribution in [0.1, 0.15) is 60.1 Å². The van der Waals surface area contributed by atoms with Crippen molar-refractivity contribution >= 4 is 5.91 Å². The predicted molar refractivity (Wildman–Crippen MR) is 96.2 cm³/mol. The van der Waals surface area contributed by atoms with Gasteiger partial charge in [0.05, 0.1) is 11.1 Å². The Labute approximate surface area is 141 Å². The summed E-state index contributed by atoms with van der Waals surface area (Å²) in [5, 5.41) is 0. The van der Waals surface area contributed by atoms with Crippen LogP contribution in [0, 0.1) is 5.92 Å². The number of amides is 1. The van der Waals surface area contributed by atoms with E-state index in [0.29, 0.717) is 18.5 Å². The van der Waals surface area contributed by atoms with Crippen molar-refractivity contribution in [3.05, 3.63) is 30.1 Å². The molecule has 0 saturated heterocycles. The molecule has 1 aromatic rings. The number of rotatable bonds is 9. The second-order valence-corrected chi connectivity index (χ2v) is 7.04. The van der Waals surface area contributed by atoms with Gasteiger partial charge >= 0.3 is 0 Å². The normalized spacial score (nSPS) is 15.9. The Morgan fingerprint density at radius 3 is 2.22 bits per heavy atom. The third-order valence-electron chi connectivity index (χ3n) is 5.11. The molecule has 4 nitrogen and oxygen atoms in total. The lowest BCUT2D eigenvalue weighted by Crippen LogP contribution is -2.50. The molecule has 23 heavy (non-hydrogen) atoms. The first-order chi connectivity index (χ1) is 10.8. The fraction of sp³-hybridized carbons (Fsp3) is 0.684. The number of hydrogen-bond acceptors (Lipinski definition) is 3. The van der Waals surface area contributed by atoms with Crippen LogP contribution in [-0.2, 0) is 10.2 Å². The molecule has 2 N–H and O–H groups in total. The summed E-state index contributed by atoms with van der Waals surface area (Å²) in [5.74, 6) is -0.117. The van der Waals surface area contributed by atoms with Gasteiger partial charge < -0.3 is 5.73 Å². The van der Waals surface area contributed by atoms with Crippen molar-refractivity contribution in [1.82, 2.24) is 9.88 Å². The van der Waals surface area contributed by atoms with Crippen molar-refractivity contribution in [1.29, 1.82) is 0 Å². The number of nitrogens with two attached hydrogens (primary N) is 1. The van der Waals surface area contributed by atoms with Crippen molar-refractivity contribution in [3.63, 3.8) is 0 Å². The summed E-state index contributed by atoms with van der Waals surface area (Å²) in [7, 11) is 0. The van der Waals surface area contributed by atoms with E-state index in [2.05, 4.69) is 51.4 Å². The Morgan fingerprint density at radius 1 is 1.22 bits per heavy atom. The second-order valence-electron chi connectivity index (χ2n) is 7.04. The molecule has 2 atom stereocenters. The van der Waals surface area contributed by atoms with Gasteiger partial charge in [-0.05, 0) is 52.2 Å². The Bertz CT molecular complexity index is 479. The van der Waals surface area contributed by atoms with Crippen molar-refractivity contribution < 1.29 is 4.79 Å². The van der Waals surface area contributed by atoms with Crippen LogP contribution < -0.4 is 5.73 Å². The highest BCUT2D eigenvalue weighted by Crippen LogP contribution is 2.37. The minimum Gasteiger partial charge on any atom is -0.369 e. The highest BCUT2D eigenvalue weighted by molar-refractivity contribution is 5.86. The van der Waals surface area contributed by atoms with Crippen LogP contribution in [0.4, 0.5) is 0 Å². The van der Waals surface area contributed by atoms with E-state index in [0.717, 1.165) is 18.7 Å². The van der Waals surface area contributed by atoms with Gasteiger partial charge in [0.1, 0.15) is 0 Å². The molecule has 0 spiro atoms. The number of hydrogen-bond donors (Lipinski definition) is 1. The molecule has 1 amide bonds. The number of aromatic nitrogens is 1. The third-order valence-corrected chi connectivity index (χ3v) is 5.11. The van der Waals surface area contributed by atoms with Crippen LogP contribution in [-0.4, -0.2) is 34.4 Å². The number of carbonyl (C=O) groups is 1. The zero-order chi connectivity index (χ0) is 17.6. The molecule has 0 fully saturated rings. The Morgan fingerprint density at radius 2 is 1.83 bits per heavy atom. The van der Waals surface area contributed by atoms with Crippen LogP contribution in [0.3, 0.4) is 0 Å². The maximum atomic E-state index is 12.5. The molecule has 0 bridgehead atoms. The van der Waals surface area contributed by atoms with Crippen molar-refractivity contribution in [2.45, 2.75) is 71.9 Å². The van der Waals surface area contributed by atoms with E-state index >= 15 is 0 Å². The van der Waals surface area contributed by atoms with Crippen molar-refractivity contribution in [2.75, 3.05) is 6.54 Å². The quantitative estimate of drug-likeness (QED) is 0.759. The molecule has 1 rings (SSSR count). The van der Waals surface area contributed by atoms with Crippen LogP contribution in [0.15, 0.2) is 24.4 Å². The van der Waals surface area contributed by atoms with Crippen LogP contribution in [0.2, 0.25) is 0 Å². The van der Waals surface area contributed by atoms with Gasteiger partial charge in [-0.1, -0.05) is 26.3 Å². The smallest absolute Gasteiger partial charge is 0.230 e. The summed E-state index contributed by atoms with van der Waals surface area (Å²) in [5.41, 5.74) is 6.01. The molecule has 0 aliphatic heterocycles. The number of carbonyl (C=O) groups excluding carboxylic acids is 1. The van der Waals surface area contributed by atoms with Crippen LogP contribution >= 0.6 is 0 Å². The SMILES string of the molecule is CC[C@H](C)[C@](CCN(C(C)C)C(C)C)(C(N)=O)c1ccccn1. The largest absolute Gasteiger partial charge is 0.369 e. The molecule has 1 aromatic heterocycles. The summed E-state index contributed by atoms with van der Waals surface area (Å²) < 4.78 is 0. The van der Waals surface area contributed by atoms with Gasteiger partial charge in [0.2, 0.25) is 5.91 Å². The Hall–Kier alpha value is -1.42. The fourth-order valence-electron chi connectivity index (χ4n) is 3.51. The van der Waals surface area contributed by atoms with E-state index in [1.807, 2.05) is 18.2 Å². The minimum atomic E-state index is -0.710. The molecule has 130 valence electrons. The third kappa shape index (κ3) is 4.31. The lowest BCUT2D eigenvalue weighted by atomic mass is 9.69. The van der Waals surface area contributed by atoms with E-state index in [1.54, 1.807) is 6.20 Å². The molecule has 4 heteroatoms. The number of pyridine rings is 1. The zero-order valence-electron chi connectivity index (χ0n) is 15.5. The predicted octanol–water partition coefficient (Wildman–Crippen LogP) is 3.36. The Kier molecular flexibility index (Phi) is 7.20. The molecular formula is C19H33N3O. The summed E-state index contributed by atoms with van der Waals surface area (Å²) in [4.78, 5) is 19.4. The molecule has 0 aliphatic rings. The van der Waals surface area contributed by atoms with E-state index in [-0.39, 0.29) is 11.8 Å². The average molecular weight is 319 g/mol. The summed E-state index contributed by atoms with van der Waals surface area (Å²) in [6.07, 6.45) is 3.34.